The Hall–Kier alpha value is -2.81. The molecule has 144 valence electrons. The van der Waals surface area contributed by atoms with Gasteiger partial charge in [0, 0.05) is 11.4 Å². The fourth-order valence-electron chi connectivity index (χ4n) is 3.75. The number of benzene rings is 3. The fraction of sp³-hybridized carbons (Fsp3) is 0.280. The smallest absolute Gasteiger partial charge is 0.125 e. The summed E-state index contributed by atoms with van der Waals surface area (Å²) < 4.78 is 14.0. The van der Waals surface area contributed by atoms with Gasteiger partial charge in [0.1, 0.15) is 12.5 Å². The van der Waals surface area contributed by atoms with Gasteiger partial charge in [0.25, 0.3) is 0 Å². The summed E-state index contributed by atoms with van der Waals surface area (Å²) in [5.41, 5.74) is 6.78. The van der Waals surface area contributed by atoms with Crippen molar-refractivity contribution < 1.29 is 4.39 Å². The molecule has 0 amide bonds. The largest absolute Gasteiger partial charge is 0.321 e. The Labute approximate surface area is 167 Å². The molecule has 0 fully saturated rings. The molecule has 1 heterocycles. The zero-order valence-electron chi connectivity index (χ0n) is 17.0. The summed E-state index contributed by atoms with van der Waals surface area (Å²) >= 11 is 0. The Morgan fingerprint density at radius 3 is 1.57 bits per heavy atom. The van der Waals surface area contributed by atoms with Gasteiger partial charge in [-0.1, -0.05) is 52.0 Å². The monoisotopic (exact) mass is 374 g/mol. The molecular formula is C25H27FN2. The second kappa shape index (κ2) is 7.31. The molecule has 0 radical (unpaired) electrons. The maximum Gasteiger partial charge on any atom is 0.125 e. The Bertz CT molecular complexity index is 959. The van der Waals surface area contributed by atoms with Crippen molar-refractivity contribution in [3.63, 3.8) is 0 Å². The maximum atomic E-state index is 14.0. The van der Waals surface area contributed by atoms with Crippen LogP contribution in [-0.2, 0) is 0 Å². The highest BCUT2D eigenvalue weighted by Crippen LogP contribution is 2.44. The number of nitrogens with zero attached hydrogens (tertiary/aromatic N) is 2. The minimum atomic E-state index is -0.209. The summed E-state index contributed by atoms with van der Waals surface area (Å²) in [6.45, 7) is 9.45. The molecule has 0 atom stereocenters. The summed E-state index contributed by atoms with van der Waals surface area (Å²) in [4.78, 5) is 4.42. The molecule has 0 spiro atoms. The van der Waals surface area contributed by atoms with E-state index in [1.807, 2.05) is 6.07 Å². The van der Waals surface area contributed by atoms with E-state index in [1.165, 1.54) is 11.1 Å². The summed E-state index contributed by atoms with van der Waals surface area (Å²) in [5, 5.41) is 0. The summed E-state index contributed by atoms with van der Waals surface area (Å²) in [6.07, 6.45) is 0. The summed E-state index contributed by atoms with van der Waals surface area (Å²) in [6, 6.07) is 22.3. The van der Waals surface area contributed by atoms with E-state index in [-0.39, 0.29) is 5.82 Å². The van der Waals surface area contributed by atoms with E-state index in [1.54, 1.807) is 12.1 Å². The standard InChI is InChI=1S/C25H27FN2/c1-17(2)19-5-10-22(11-6-19)27-16-28(25-15-21(26)9-14-24(25)27)23-12-7-20(8-13-23)18(3)4/h5-15,17-18H,16H2,1-4H3. The number of hydrogen-bond donors (Lipinski definition) is 0. The molecule has 0 aliphatic carbocycles. The molecule has 3 heteroatoms. The maximum absolute atomic E-state index is 14.0. The molecular weight excluding hydrogens is 347 g/mol. The van der Waals surface area contributed by atoms with Gasteiger partial charge in [-0.25, -0.2) is 4.39 Å². The third kappa shape index (κ3) is 3.37. The van der Waals surface area contributed by atoms with Gasteiger partial charge < -0.3 is 9.80 Å². The van der Waals surface area contributed by atoms with Crippen LogP contribution in [0.3, 0.4) is 0 Å². The van der Waals surface area contributed by atoms with Gasteiger partial charge in [-0.2, -0.15) is 0 Å². The second-order valence-corrected chi connectivity index (χ2v) is 8.12. The van der Waals surface area contributed by atoms with Crippen molar-refractivity contribution >= 4 is 22.7 Å². The molecule has 0 saturated heterocycles. The van der Waals surface area contributed by atoms with E-state index in [9.17, 15) is 4.39 Å². The van der Waals surface area contributed by atoms with Crippen LogP contribution < -0.4 is 9.80 Å². The van der Waals surface area contributed by atoms with Gasteiger partial charge in [0.2, 0.25) is 0 Å². The van der Waals surface area contributed by atoms with Crippen molar-refractivity contribution in [1.82, 2.24) is 0 Å². The normalized spacial score (nSPS) is 13.5. The first-order chi connectivity index (χ1) is 13.4. The lowest BCUT2D eigenvalue weighted by molar-refractivity contribution is 0.628. The average Bonchev–Trinajstić information content (AvgIpc) is 3.06. The van der Waals surface area contributed by atoms with Crippen LogP contribution in [0.15, 0.2) is 66.7 Å². The van der Waals surface area contributed by atoms with Crippen LogP contribution >= 0.6 is 0 Å². The van der Waals surface area contributed by atoms with Crippen molar-refractivity contribution in [2.45, 2.75) is 39.5 Å². The quantitative estimate of drug-likeness (QED) is 0.472. The van der Waals surface area contributed by atoms with E-state index in [0.29, 0.717) is 18.5 Å². The Morgan fingerprint density at radius 2 is 1.11 bits per heavy atom. The number of rotatable bonds is 4. The molecule has 1 aliphatic heterocycles. The zero-order chi connectivity index (χ0) is 19.8. The van der Waals surface area contributed by atoms with Crippen LogP contribution in [0.5, 0.6) is 0 Å². The lowest BCUT2D eigenvalue weighted by Crippen LogP contribution is -2.23. The van der Waals surface area contributed by atoms with Crippen LogP contribution in [-0.4, -0.2) is 6.67 Å². The Balaban J connectivity index is 1.71. The molecule has 0 aromatic heterocycles. The molecule has 3 aromatic carbocycles. The van der Waals surface area contributed by atoms with Gasteiger partial charge in [0.15, 0.2) is 0 Å². The van der Waals surface area contributed by atoms with Crippen molar-refractivity contribution in [2.75, 3.05) is 16.5 Å². The molecule has 28 heavy (non-hydrogen) atoms. The minimum Gasteiger partial charge on any atom is -0.321 e. The van der Waals surface area contributed by atoms with Crippen LogP contribution in [0.4, 0.5) is 27.1 Å². The van der Waals surface area contributed by atoms with Gasteiger partial charge in [0.05, 0.1) is 11.4 Å². The predicted molar refractivity (Wildman–Crippen MR) is 117 cm³/mol. The van der Waals surface area contributed by atoms with Crippen LogP contribution in [0.25, 0.3) is 0 Å². The Kier molecular flexibility index (Phi) is 4.84. The molecule has 3 aromatic rings. The average molecular weight is 375 g/mol. The van der Waals surface area contributed by atoms with E-state index in [4.69, 9.17) is 0 Å². The molecule has 0 unspecified atom stereocenters. The van der Waals surface area contributed by atoms with Gasteiger partial charge in [-0.05, 0) is 65.4 Å². The zero-order valence-corrected chi connectivity index (χ0v) is 17.0. The van der Waals surface area contributed by atoms with Gasteiger partial charge >= 0.3 is 0 Å². The van der Waals surface area contributed by atoms with Crippen molar-refractivity contribution in [3.05, 3.63) is 83.7 Å². The fourth-order valence-corrected chi connectivity index (χ4v) is 3.75. The highest BCUT2D eigenvalue weighted by atomic mass is 19.1. The van der Waals surface area contributed by atoms with Crippen molar-refractivity contribution in [2.24, 2.45) is 0 Å². The third-order valence-electron chi connectivity index (χ3n) is 5.54. The lowest BCUT2D eigenvalue weighted by Gasteiger charge is -2.23. The van der Waals surface area contributed by atoms with E-state index < -0.39 is 0 Å². The molecule has 0 bridgehead atoms. The summed E-state index contributed by atoms with van der Waals surface area (Å²) in [5.74, 6) is 0.790. The second-order valence-electron chi connectivity index (χ2n) is 8.12. The van der Waals surface area contributed by atoms with Gasteiger partial charge in [-0.3, -0.25) is 0 Å². The van der Waals surface area contributed by atoms with Gasteiger partial charge in [-0.15, -0.1) is 0 Å². The highest BCUT2D eigenvalue weighted by molar-refractivity contribution is 5.86. The van der Waals surface area contributed by atoms with Crippen LogP contribution in [0.1, 0.15) is 50.7 Å². The number of fused-ring (bicyclic) bond motifs is 1. The molecule has 2 nitrogen and oxygen atoms in total. The van der Waals surface area contributed by atoms with E-state index in [0.717, 1.165) is 22.7 Å². The number of anilines is 4. The molecule has 0 saturated carbocycles. The van der Waals surface area contributed by atoms with Crippen molar-refractivity contribution in [1.29, 1.82) is 0 Å². The first kappa shape index (κ1) is 18.5. The molecule has 4 rings (SSSR count). The highest BCUT2D eigenvalue weighted by Gasteiger charge is 2.28. The Morgan fingerprint density at radius 1 is 0.643 bits per heavy atom. The lowest BCUT2D eigenvalue weighted by atomic mass is 10.0. The predicted octanol–water partition coefficient (Wildman–Crippen LogP) is 7.32. The number of halogens is 1. The minimum absolute atomic E-state index is 0.209. The first-order valence-corrected chi connectivity index (χ1v) is 9.98. The summed E-state index contributed by atoms with van der Waals surface area (Å²) in [7, 11) is 0. The van der Waals surface area contributed by atoms with E-state index >= 15 is 0 Å². The van der Waals surface area contributed by atoms with E-state index in [2.05, 4.69) is 86.0 Å². The SMILES string of the molecule is CC(C)c1ccc(N2CN(c3ccc(C(C)C)cc3)c3cc(F)ccc32)cc1. The van der Waals surface area contributed by atoms with Crippen LogP contribution in [0.2, 0.25) is 0 Å². The third-order valence-corrected chi connectivity index (χ3v) is 5.54. The molecule has 0 N–H and O–H groups in total. The van der Waals surface area contributed by atoms with Crippen LogP contribution in [0, 0.1) is 5.82 Å². The molecule has 1 aliphatic rings. The van der Waals surface area contributed by atoms with Crippen molar-refractivity contribution in [3.8, 4) is 0 Å². The topological polar surface area (TPSA) is 6.48 Å². The number of hydrogen-bond acceptors (Lipinski definition) is 2. The first-order valence-electron chi connectivity index (χ1n) is 9.98.